The summed E-state index contributed by atoms with van der Waals surface area (Å²) in [6.45, 7) is 0. The summed E-state index contributed by atoms with van der Waals surface area (Å²) in [5.41, 5.74) is 21.5. The lowest BCUT2D eigenvalue weighted by atomic mass is 9.67. The molecule has 0 atom stereocenters. The van der Waals surface area contributed by atoms with Gasteiger partial charge in [0.2, 0.25) is 0 Å². The highest BCUT2D eigenvalue weighted by molar-refractivity contribution is 6.06. The minimum Gasteiger partial charge on any atom is -0.456 e. The molecular weight excluding hydrogens is 835 g/mol. The Morgan fingerprint density at radius 3 is 1.54 bits per heavy atom. The van der Waals surface area contributed by atoms with Gasteiger partial charge in [-0.3, -0.25) is 0 Å². The van der Waals surface area contributed by atoms with Crippen molar-refractivity contribution in [3.05, 3.63) is 295 Å². The number of fused-ring (bicyclic) bond motifs is 6. The van der Waals surface area contributed by atoms with E-state index < -0.39 is 5.41 Å². The van der Waals surface area contributed by atoms with Gasteiger partial charge >= 0.3 is 0 Å². The Kier molecular flexibility index (Phi) is 9.77. The van der Waals surface area contributed by atoms with Gasteiger partial charge < -0.3 is 9.32 Å². The normalized spacial score (nSPS) is 12.5. The van der Waals surface area contributed by atoms with Crippen LogP contribution >= 0.6 is 0 Å². The SMILES string of the molecule is c1ccc(-c2ccc(-c3ccccc3N(c3cccc(-c4ccc5oc6ccccc6c5c4)c3)c3cccc(-c4cccc5c4-c4ccccc4C5(c4ccccc4)c4ccccc4)c3)cc2)cc1. The molecule has 2 heteroatoms. The van der Waals surface area contributed by atoms with Crippen LogP contribution in [0.2, 0.25) is 0 Å². The van der Waals surface area contributed by atoms with E-state index in [4.69, 9.17) is 4.42 Å². The Morgan fingerprint density at radius 2 is 0.783 bits per heavy atom. The van der Waals surface area contributed by atoms with Gasteiger partial charge in [-0.1, -0.05) is 224 Å². The van der Waals surface area contributed by atoms with Crippen LogP contribution < -0.4 is 4.90 Å². The number of anilines is 3. The Balaban J connectivity index is 0.998. The number of furan rings is 1. The number of para-hydroxylation sites is 2. The molecule has 0 saturated carbocycles. The van der Waals surface area contributed by atoms with Crippen LogP contribution in [-0.2, 0) is 5.41 Å². The highest BCUT2D eigenvalue weighted by Crippen LogP contribution is 2.58. The van der Waals surface area contributed by atoms with Crippen LogP contribution in [0.1, 0.15) is 22.3 Å². The van der Waals surface area contributed by atoms with Gasteiger partial charge in [0.1, 0.15) is 11.2 Å². The molecule has 0 N–H and O–H groups in total. The predicted molar refractivity (Wildman–Crippen MR) is 287 cm³/mol. The zero-order chi connectivity index (χ0) is 45.7. The van der Waals surface area contributed by atoms with Crippen LogP contribution in [0, 0.1) is 0 Å². The molecule has 13 rings (SSSR count). The van der Waals surface area contributed by atoms with Gasteiger partial charge in [0.05, 0.1) is 11.1 Å². The zero-order valence-corrected chi connectivity index (χ0v) is 37.8. The Morgan fingerprint density at radius 1 is 0.290 bits per heavy atom. The molecule has 0 fully saturated rings. The molecule has 12 aromatic rings. The summed E-state index contributed by atoms with van der Waals surface area (Å²) in [6, 6.07) is 99.4. The fourth-order valence-corrected chi connectivity index (χ4v) is 11.1. The molecule has 324 valence electrons. The third-order valence-electron chi connectivity index (χ3n) is 14.2. The average molecular weight is 880 g/mol. The second-order valence-electron chi connectivity index (χ2n) is 18.0. The third kappa shape index (κ3) is 6.72. The maximum Gasteiger partial charge on any atom is 0.135 e. The van der Waals surface area contributed by atoms with Gasteiger partial charge in [-0.15, -0.1) is 0 Å². The lowest BCUT2D eigenvalue weighted by Gasteiger charge is -2.34. The number of hydrogen-bond acceptors (Lipinski definition) is 2. The minimum atomic E-state index is -0.491. The van der Waals surface area contributed by atoms with Gasteiger partial charge in [0, 0.05) is 27.7 Å². The molecule has 1 aliphatic carbocycles. The first kappa shape index (κ1) is 40.3. The van der Waals surface area contributed by atoms with E-state index in [2.05, 4.69) is 266 Å². The maximum absolute atomic E-state index is 6.25. The van der Waals surface area contributed by atoms with Crippen molar-refractivity contribution in [2.75, 3.05) is 4.90 Å². The molecule has 1 aliphatic rings. The van der Waals surface area contributed by atoms with Crippen LogP contribution in [0.15, 0.2) is 277 Å². The Hall–Kier alpha value is -8.98. The van der Waals surface area contributed by atoms with Crippen LogP contribution in [0.3, 0.4) is 0 Å². The van der Waals surface area contributed by atoms with E-state index in [0.717, 1.165) is 66.8 Å². The van der Waals surface area contributed by atoms with Crippen LogP contribution in [-0.4, -0.2) is 0 Å². The molecule has 0 bridgehead atoms. The molecule has 0 unspecified atom stereocenters. The largest absolute Gasteiger partial charge is 0.456 e. The molecule has 2 nitrogen and oxygen atoms in total. The molecular formula is C67H45NO. The second kappa shape index (κ2) is 16.7. The zero-order valence-electron chi connectivity index (χ0n) is 37.8. The first-order valence-electron chi connectivity index (χ1n) is 23.7. The van der Waals surface area contributed by atoms with Crippen molar-refractivity contribution in [3.8, 4) is 55.6 Å². The Bertz CT molecular complexity index is 3790. The van der Waals surface area contributed by atoms with Crippen LogP contribution in [0.4, 0.5) is 17.1 Å². The Labute approximate surface area is 402 Å². The first-order valence-corrected chi connectivity index (χ1v) is 23.7. The molecule has 0 amide bonds. The molecule has 1 heterocycles. The fraction of sp³-hybridized carbons (Fsp3) is 0.0149. The number of benzene rings is 11. The monoisotopic (exact) mass is 879 g/mol. The van der Waals surface area contributed by atoms with Gasteiger partial charge in [-0.05, 0) is 121 Å². The van der Waals surface area contributed by atoms with E-state index in [1.54, 1.807) is 0 Å². The molecule has 11 aromatic carbocycles. The molecule has 1 aromatic heterocycles. The summed E-state index contributed by atoms with van der Waals surface area (Å²) in [5, 5.41) is 2.24. The summed E-state index contributed by atoms with van der Waals surface area (Å²) < 4.78 is 6.25. The number of hydrogen-bond donors (Lipinski definition) is 0. The summed E-state index contributed by atoms with van der Waals surface area (Å²) in [6.07, 6.45) is 0. The van der Waals surface area contributed by atoms with Crippen molar-refractivity contribution in [1.29, 1.82) is 0 Å². The quantitative estimate of drug-likeness (QED) is 0.144. The van der Waals surface area contributed by atoms with Crippen molar-refractivity contribution < 1.29 is 4.42 Å². The first-order chi connectivity index (χ1) is 34.2. The van der Waals surface area contributed by atoms with Crippen molar-refractivity contribution in [3.63, 3.8) is 0 Å². The van der Waals surface area contributed by atoms with Crippen molar-refractivity contribution >= 4 is 39.0 Å². The molecule has 0 spiro atoms. The molecule has 69 heavy (non-hydrogen) atoms. The predicted octanol–water partition coefficient (Wildman–Crippen LogP) is 18.1. The summed E-state index contributed by atoms with van der Waals surface area (Å²) >= 11 is 0. The van der Waals surface area contributed by atoms with Crippen molar-refractivity contribution in [2.45, 2.75) is 5.41 Å². The van der Waals surface area contributed by atoms with Gasteiger partial charge in [0.15, 0.2) is 0 Å². The van der Waals surface area contributed by atoms with Crippen LogP contribution in [0.25, 0.3) is 77.6 Å². The van der Waals surface area contributed by atoms with E-state index in [1.165, 1.54) is 50.1 Å². The lowest BCUT2D eigenvalue weighted by Crippen LogP contribution is -2.28. The summed E-state index contributed by atoms with van der Waals surface area (Å²) in [4.78, 5) is 2.44. The number of rotatable bonds is 9. The minimum absolute atomic E-state index is 0.491. The standard InChI is InChI=1S/C67H45NO/c1-4-19-46(20-5-1)47-37-39-48(40-38-47)56-29-11-14-35-63(56)68(54-27-16-21-49(43-54)50-41-42-65-60(45-50)58-30-12-15-36-64(58)69-65)55-28-17-22-51(44-55)57-32-18-34-62-66(57)59-31-10-13-33-61(59)67(62,52-23-6-2-7-24-52)53-25-8-3-9-26-53/h1-45H. The highest BCUT2D eigenvalue weighted by atomic mass is 16.3. The molecule has 0 radical (unpaired) electrons. The topological polar surface area (TPSA) is 16.4 Å². The van der Waals surface area contributed by atoms with Crippen molar-refractivity contribution in [1.82, 2.24) is 0 Å². The van der Waals surface area contributed by atoms with E-state index in [0.29, 0.717) is 0 Å². The molecule has 0 saturated heterocycles. The van der Waals surface area contributed by atoms with E-state index in [1.807, 2.05) is 12.1 Å². The number of nitrogens with zero attached hydrogens (tertiary/aromatic N) is 1. The van der Waals surface area contributed by atoms with E-state index >= 15 is 0 Å². The summed E-state index contributed by atoms with van der Waals surface area (Å²) in [7, 11) is 0. The van der Waals surface area contributed by atoms with Crippen LogP contribution in [0.5, 0.6) is 0 Å². The fourth-order valence-electron chi connectivity index (χ4n) is 11.1. The van der Waals surface area contributed by atoms with Gasteiger partial charge in [-0.2, -0.15) is 0 Å². The highest BCUT2D eigenvalue weighted by Gasteiger charge is 2.46. The summed E-state index contributed by atoms with van der Waals surface area (Å²) in [5.74, 6) is 0. The third-order valence-corrected chi connectivity index (χ3v) is 14.2. The second-order valence-corrected chi connectivity index (χ2v) is 18.0. The smallest absolute Gasteiger partial charge is 0.135 e. The lowest BCUT2D eigenvalue weighted by molar-refractivity contribution is 0.669. The van der Waals surface area contributed by atoms with Gasteiger partial charge in [0.25, 0.3) is 0 Å². The maximum atomic E-state index is 6.25. The van der Waals surface area contributed by atoms with E-state index in [9.17, 15) is 0 Å². The average Bonchev–Trinajstić information content (AvgIpc) is 3.96. The van der Waals surface area contributed by atoms with Crippen molar-refractivity contribution in [2.24, 2.45) is 0 Å². The van der Waals surface area contributed by atoms with E-state index in [-0.39, 0.29) is 0 Å². The van der Waals surface area contributed by atoms with Gasteiger partial charge in [-0.25, -0.2) is 0 Å². The molecule has 0 aliphatic heterocycles.